The van der Waals surface area contributed by atoms with Crippen LogP contribution in [0.5, 0.6) is 0 Å². The van der Waals surface area contributed by atoms with Crippen LogP contribution >= 0.6 is 0 Å². The summed E-state index contributed by atoms with van der Waals surface area (Å²) in [4.78, 5) is 24.5. The average molecular weight is 284 g/mol. The SMILES string of the molecule is CCCCC(=O)C(CC(C)C)C(CC(C)C)C(=O)OC. The highest BCUT2D eigenvalue weighted by Gasteiger charge is 2.34. The topological polar surface area (TPSA) is 43.4 Å². The van der Waals surface area contributed by atoms with Crippen LogP contribution in [0.4, 0.5) is 0 Å². The fraction of sp³-hybridized carbons (Fsp3) is 0.882. The number of methoxy groups -OCH3 is 1. The summed E-state index contributed by atoms with van der Waals surface area (Å²) in [5.41, 5.74) is 0. The number of Topliss-reactive ketones (excluding diaryl/α,β-unsaturated/α-hetero) is 1. The smallest absolute Gasteiger partial charge is 0.309 e. The second kappa shape index (κ2) is 9.95. The van der Waals surface area contributed by atoms with Crippen LogP contribution < -0.4 is 0 Å². The van der Waals surface area contributed by atoms with E-state index in [1.807, 2.05) is 0 Å². The molecule has 2 unspecified atom stereocenters. The van der Waals surface area contributed by atoms with Gasteiger partial charge in [-0.05, 0) is 31.1 Å². The van der Waals surface area contributed by atoms with E-state index < -0.39 is 0 Å². The van der Waals surface area contributed by atoms with Crippen LogP contribution in [0.3, 0.4) is 0 Å². The molecule has 0 radical (unpaired) electrons. The lowest BCUT2D eigenvalue weighted by atomic mass is 9.77. The van der Waals surface area contributed by atoms with Gasteiger partial charge in [-0.1, -0.05) is 41.0 Å². The normalized spacial score (nSPS) is 14.4. The molecule has 118 valence electrons. The molecular formula is C17H32O3. The van der Waals surface area contributed by atoms with E-state index in [0.29, 0.717) is 18.3 Å². The summed E-state index contributed by atoms with van der Waals surface area (Å²) in [6, 6.07) is 0. The molecule has 0 saturated carbocycles. The van der Waals surface area contributed by atoms with Gasteiger partial charge in [-0.2, -0.15) is 0 Å². The second-order valence-electron chi connectivity index (χ2n) is 6.57. The Morgan fingerprint density at radius 2 is 1.45 bits per heavy atom. The first-order chi connectivity index (χ1) is 9.33. The molecule has 0 bridgehead atoms. The Balaban J connectivity index is 5.08. The Hall–Kier alpha value is -0.860. The maximum Gasteiger partial charge on any atom is 0.309 e. The number of ketones is 1. The average Bonchev–Trinajstić information content (AvgIpc) is 2.38. The minimum atomic E-state index is -0.285. The molecule has 0 N–H and O–H groups in total. The first-order valence-corrected chi connectivity index (χ1v) is 7.93. The minimum Gasteiger partial charge on any atom is -0.469 e. The molecule has 0 saturated heterocycles. The summed E-state index contributed by atoms with van der Waals surface area (Å²) in [6.45, 7) is 10.4. The number of hydrogen-bond acceptors (Lipinski definition) is 3. The molecule has 3 heteroatoms. The van der Waals surface area contributed by atoms with Crippen molar-refractivity contribution in [3.63, 3.8) is 0 Å². The van der Waals surface area contributed by atoms with E-state index in [1.165, 1.54) is 7.11 Å². The second-order valence-corrected chi connectivity index (χ2v) is 6.57. The highest BCUT2D eigenvalue weighted by atomic mass is 16.5. The van der Waals surface area contributed by atoms with Crippen molar-refractivity contribution in [3.05, 3.63) is 0 Å². The van der Waals surface area contributed by atoms with Crippen molar-refractivity contribution >= 4 is 11.8 Å². The maximum atomic E-state index is 12.5. The van der Waals surface area contributed by atoms with Gasteiger partial charge in [-0.15, -0.1) is 0 Å². The molecule has 2 atom stereocenters. The number of rotatable bonds is 10. The molecule has 0 aromatic heterocycles. The van der Waals surface area contributed by atoms with E-state index in [-0.39, 0.29) is 23.6 Å². The van der Waals surface area contributed by atoms with Crippen LogP contribution in [0, 0.1) is 23.7 Å². The number of carbonyl (C=O) groups excluding carboxylic acids is 2. The number of esters is 1. The molecule has 0 amide bonds. The molecule has 0 aromatic carbocycles. The van der Waals surface area contributed by atoms with Gasteiger partial charge in [0.2, 0.25) is 0 Å². The Kier molecular flexibility index (Phi) is 9.52. The number of ether oxygens (including phenoxy) is 1. The van der Waals surface area contributed by atoms with Gasteiger partial charge in [0, 0.05) is 12.3 Å². The van der Waals surface area contributed by atoms with Gasteiger partial charge in [-0.25, -0.2) is 0 Å². The van der Waals surface area contributed by atoms with Crippen LogP contribution in [-0.2, 0) is 14.3 Å². The summed E-state index contributed by atoms with van der Waals surface area (Å²) in [7, 11) is 1.42. The Morgan fingerprint density at radius 1 is 0.950 bits per heavy atom. The highest BCUT2D eigenvalue weighted by molar-refractivity contribution is 5.86. The van der Waals surface area contributed by atoms with Gasteiger partial charge in [0.15, 0.2) is 0 Å². The molecule has 0 heterocycles. The zero-order valence-electron chi connectivity index (χ0n) is 14.1. The van der Waals surface area contributed by atoms with Crippen LogP contribution in [0.2, 0.25) is 0 Å². The Labute approximate surface area is 124 Å². The van der Waals surface area contributed by atoms with Crippen LogP contribution in [0.25, 0.3) is 0 Å². The lowest BCUT2D eigenvalue weighted by molar-refractivity contribution is -0.151. The van der Waals surface area contributed by atoms with Crippen molar-refractivity contribution < 1.29 is 14.3 Å². The zero-order chi connectivity index (χ0) is 15.7. The molecule has 0 rings (SSSR count). The molecule has 3 nitrogen and oxygen atoms in total. The predicted octanol–water partition coefficient (Wildman–Crippen LogP) is 4.24. The van der Waals surface area contributed by atoms with Crippen molar-refractivity contribution in [2.75, 3.05) is 7.11 Å². The van der Waals surface area contributed by atoms with E-state index >= 15 is 0 Å². The fourth-order valence-electron chi connectivity index (χ4n) is 2.65. The van der Waals surface area contributed by atoms with E-state index in [0.717, 1.165) is 25.7 Å². The highest BCUT2D eigenvalue weighted by Crippen LogP contribution is 2.29. The van der Waals surface area contributed by atoms with Gasteiger partial charge in [-0.3, -0.25) is 9.59 Å². The van der Waals surface area contributed by atoms with Crippen molar-refractivity contribution in [3.8, 4) is 0 Å². The van der Waals surface area contributed by atoms with Gasteiger partial charge < -0.3 is 4.74 Å². The standard InChI is InChI=1S/C17H32O3/c1-7-8-9-16(18)14(10-12(2)3)15(11-13(4)5)17(19)20-6/h12-15H,7-11H2,1-6H3. The molecule has 0 spiro atoms. The van der Waals surface area contributed by atoms with Crippen molar-refractivity contribution in [2.45, 2.75) is 66.7 Å². The van der Waals surface area contributed by atoms with Gasteiger partial charge in [0.25, 0.3) is 0 Å². The van der Waals surface area contributed by atoms with Gasteiger partial charge in [0.1, 0.15) is 5.78 Å². The molecular weight excluding hydrogens is 252 g/mol. The molecule has 20 heavy (non-hydrogen) atoms. The fourth-order valence-corrected chi connectivity index (χ4v) is 2.65. The largest absolute Gasteiger partial charge is 0.469 e. The number of unbranched alkanes of at least 4 members (excludes halogenated alkanes) is 1. The lowest BCUT2D eigenvalue weighted by Crippen LogP contribution is -2.33. The number of carbonyl (C=O) groups is 2. The molecule has 0 aliphatic heterocycles. The zero-order valence-corrected chi connectivity index (χ0v) is 14.1. The van der Waals surface area contributed by atoms with E-state index in [4.69, 9.17) is 4.74 Å². The van der Waals surface area contributed by atoms with Gasteiger partial charge >= 0.3 is 5.97 Å². The monoisotopic (exact) mass is 284 g/mol. The maximum absolute atomic E-state index is 12.5. The quantitative estimate of drug-likeness (QED) is 0.563. The number of hydrogen-bond donors (Lipinski definition) is 0. The van der Waals surface area contributed by atoms with E-state index in [2.05, 4.69) is 34.6 Å². The summed E-state index contributed by atoms with van der Waals surface area (Å²) >= 11 is 0. The molecule has 0 fully saturated rings. The van der Waals surface area contributed by atoms with Crippen molar-refractivity contribution in [2.24, 2.45) is 23.7 Å². The summed E-state index contributed by atoms with van der Waals surface area (Å²) in [5.74, 6) is 0.326. The minimum absolute atomic E-state index is 0.184. The summed E-state index contributed by atoms with van der Waals surface area (Å²) < 4.78 is 4.94. The van der Waals surface area contributed by atoms with Crippen molar-refractivity contribution in [1.29, 1.82) is 0 Å². The first kappa shape index (κ1) is 19.1. The Bertz CT molecular complexity index is 295. The van der Waals surface area contributed by atoms with Crippen LogP contribution in [-0.4, -0.2) is 18.9 Å². The summed E-state index contributed by atoms with van der Waals surface area (Å²) in [6.07, 6.45) is 3.99. The third-order valence-electron chi connectivity index (χ3n) is 3.63. The molecule has 0 aliphatic rings. The third-order valence-corrected chi connectivity index (χ3v) is 3.63. The lowest BCUT2D eigenvalue weighted by Gasteiger charge is -2.27. The predicted molar refractivity (Wildman–Crippen MR) is 82.4 cm³/mol. The van der Waals surface area contributed by atoms with Crippen LogP contribution in [0.15, 0.2) is 0 Å². The van der Waals surface area contributed by atoms with Crippen LogP contribution in [0.1, 0.15) is 66.7 Å². The summed E-state index contributed by atoms with van der Waals surface area (Å²) in [5, 5.41) is 0. The third kappa shape index (κ3) is 7.06. The van der Waals surface area contributed by atoms with Gasteiger partial charge in [0.05, 0.1) is 13.0 Å². The molecule has 0 aromatic rings. The first-order valence-electron chi connectivity index (χ1n) is 7.93. The Morgan fingerprint density at radius 3 is 1.85 bits per heavy atom. The van der Waals surface area contributed by atoms with Crippen molar-refractivity contribution in [1.82, 2.24) is 0 Å². The molecule has 0 aliphatic carbocycles. The van der Waals surface area contributed by atoms with E-state index in [1.54, 1.807) is 0 Å². The van der Waals surface area contributed by atoms with E-state index in [9.17, 15) is 9.59 Å².